The summed E-state index contributed by atoms with van der Waals surface area (Å²) < 4.78 is 26.0. The molecule has 0 bridgehead atoms. The Balaban J connectivity index is 1.68. The number of phenols is 1. The van der Waals surface area contributed by atoms with Gasteiger partial charge in [-0.15, -0.1) is 11.3 Å². The summed E-state index contributed by atoms with van der Waals surface area (Å²) >= 11 is 7.69. The van der Waals surface area contributed by atoms with Crippen LogP contribution >= 0.6 is 22.9 Å². The number of rotatable bonds is 6. The van der Waals surface area contributed by atoms with E-state index in [1.165, 1.54) is 31.1 Å². The number of hydrogen-bond acceptors (Lipinski definition) is 8. The zero-order valence-electron chi connectivity index (χ0n) is 16.7. The Bertz CT molecular complexity index is 1340. The van der Waals surface area contributed by atoms with Gasteiger partial charge in [0.25, 0.3) is 10.9 Å². The van der Waals surface area contributed by atoms with E-state index in [4.69, 9.17) is 11.6 Å². The van der Waals surface area contributed by atoms with Crippen molar-refractivity contribution in [2.45, 2.75) is 30.2 Å². The van der Waals surface area contributed by atoms with Gasteiger partial charge in [-0.1, -0.05) is 11.6 Å². The van der Waals surface area contributed by atoms with Crippen LogP contribution in [0.15, 0.2) is 38.1 Å². The van der Waals surface area contributed by atoms with Crippen LogP contribution < -0.4 is 21.5 Å². The fraction of sp³-hybridized carbons (Fsp3) is 0.300. The lowest BCUT2D eigenvalue weighted by Gasteiger charge is -2.26. The fourth-order valence-electron chi connectivity index (χ4n) is 3.67. The quantitative estimate of drug-likeness (QED) is 0.365. The number of hydrogen-bond donors (Lipinski definition) is 3. The molecular weight excluding hydrogens is 462 g/mol. The van der Waals surface area contributed by atoms with Gasteiger partial charge in [-0.05, 0) is 48.4 Å². The van der Waals surface area contributed by atoms with Gasteiger partial charge >= 0.3 is 0 Å². The first-order chi connectivity index (χ1) is 14.6. The van der Waals surface area contributed by atoms with E-state index in [1.807, 2.05) is 11.4 Å². The molecule has 31 heavy (non-hydrogen) atoms. The molecule has 1 heterocycles. The van der Waals surface area contributed by atoms with E-state index in [0.717, 1.165) is 29.1 Å². The molecule has 0 saturated heterocycles. The topological polar surface area (TPSA) is 116 Å². The van der Waals surface area contributed by atoms with Gasteiger partial charge in [0.15, 0.2) is 5.75 Å². The number of benzene rings is 1. The molecule has 1 aliphatic rings. The van der Waals surface area contributed by atoms with E-state index in [0.29, 0.717) is 0 Å². The molecule has 0 spiro atoms. The maximum absolute atomic E-state index is 12.5. The predicted octanol–water partition coefficient (Wildman–Crippen LogP) is 3.19. The average Bonchev–Trinajstić information content (AvgIpc) is 3.21. The van der Waals surface area contributed by atoms with Crippen molar-refractivity contribution in [1.29, 1.82) is 0 Å². The molecule has 1 aliphatic carbocycles. The van der Waals surface area contributed by atoms with Gasteiger partial charge < -0.3 is 15.7 Å². The zero-order valence-corrected chi connectivity index (χ0v) is 19.1. The lowest BCUT2D eigenvalue weighted by molar-refractivity contribution is 0.455. The molecule has 2 aromatic carbocycles. The lowest BCUT2D eigenvalue weighted by atomic mass is 9.93. The molecule has 0 amide bonds. The number of sulfonamides is 1. The Morgan fingerprint density at radius 3 is 2.58 bits per heavy atom. The van der Waals surface area contributed by atoms with Gasteiger partial charge in [0.05, 0.1) is 16.8 Å². The van der Waals surface area contributed by atoms with Crippen LogP contribution in [0.1, 0.15) is 29.3 Å². The summed E-state index contributed by atoms with van der Waals surface area (Å²) in [6.07, 6.45) is 2.77. The molecule has 0 fully saturated rings. The molecule has 1 atom stereocenters. The van der Waals surface area contributed by atoms with E-state index in [2.05, 4.69) is 10.6 Å². The highest BCUT2D eigenvalue weighted by Crippen LogP contribution is 2.40. The van der Waals surface area contributed by atoms with Crippen molar-refractivity contribution in [3.8, 4) is 5.75 Å². The van der Waals surface area contributed by atoms with Gasteiger partial charge in [0.2, 0.25) is 10.0 Å². The van der Waals surface area contributed by atoms with Gasteiger partial charge in [-0.25, -0.2) is 12.7 Å². The van der Waals surface area contributed by atoms with Crippen molar-refractivity contribution in [2.75, 3.05) is 24.7 Å². The molecule has 0 saturated carbocycles. The van der Waals surface area contributed by atoms with Crippen LogP contribution in [0, 0.1) is 0 Å². The number of aryl methyl sites for hydroxylation is 1. The van der Waals surface area contributed by atoms with Crippen molar-refractivity contribution >= 4 is 50.0 Å². The maximum atomic E-state index is 12.5. The van der Waals surface area contributed by atoms with E-state index < -0.39 is 31.5 Å². The number of halogens is 1. The summed E-state index contributed by atoms with van der Waals surface area (Å²) in [7, 11) is -1.42. The SMILES string of the molecule is CN(C)S(=O)(=O)c1c(Cl)ccc(Nc2c(NC3CCCc4sccc43)c(=O)c2=O)c1O. The highest BCUT2D eigenvalue weighted by molar-refractivity contribution is 7.89. The Hall–Kier alpha value is -2.40. The number of fused-ring (bicyclic) bond motifs is 1. The van der Waals surface area contributed by atoms with Crippen LogP contribution in [-0.2, 0) is 16.4 Å². The van der Waals surface area contributed by atoms with E-state index in [-0.39, 0.29) is 28.1 Å². The highest BCUT2D eigenvalue weighted by atomic mass is 35.5. The van der Waals surface area contributed by atoms with Crippen LogP contribution in [0.5, 0.6) is 5.75 Å². The largest absolute Gasteiger partial charge is 0.504 e. The van der Waals surface area contributed by atoms with Crippen molar-refractivity contribution in [3.05, 3.63) is 59.5 Å². The first kappa shape index (κ1) is 21.8. The molecule has 1 unspecified atom stereocenters. The zero-order chi connectivity index (χ0) is 22.5. The monoisotopic (exact) mass is 481 g/mol. The van der Waals surface area contributed by atoms with Crippen LogP contribution in [0.4, 0.5) is 17.1 Å². The Morgan fingerprint density at radius 1 is 1.16 bits per heavy atom. The second kappa shape index (κ2) is 7.94. The predicted molar refractivity (Wildman–Crippen MR) is 122 cm³/mol. The number of anilines is 3. The molecule has 3 N–H and O–H groups in total. The molecule has 4 rings (SSSR count). The van der Waals surface area contributed by atoms with Crippen molar-refractivity contribution in [1.82, 2.24) is 4.31 Å². The number of aromatic hydroxyl groups is 1. The molecule has 0 radical (unpaired) electrons. The smallest absolute Gasteiger partial charge is 0.253 e. The second-order valence-electron chi connectivity index (χ2n) is 7.48. The third kappa shape index (κ3) is 3.63. The summed E-state index contributed by atoms with van der Waals surface area (Å²) in [6, 6.07) is 4.57. The minimum atomic E-state index is -4.04. The Kier molecular flexibility index (Phi) is 5.59. The van der Waals surface area contributed by atoms with Gasteiger partial charge in [0.1, 0.15) is 16.3 Å². The van der Waals surface area contributed by atoms with Gasteiger partial charge in [-0.3, -0.25) is 9.59 Å². The number of nitrogens with zero attached hydrogens (tertiary/aromatic N) is 1. The average molecular weight is 482 g/mol. The normalized spacial score (nSPS) is 16.5. The Morgan fingerprint density at radius 2 is 1.87 bits per heavy atom. The first-order valence-electron chi connectivity index (χ1n) is 9.50. The molecule has 8 nitrogen and oxygen atoms in total. The summed E-state index contributed by atoms with van der Waals surface area (Å²) in [5, 5.41) is 18.3. The lowest BCUT2D eigenvalue weighted by Crippen LogP contribution is -2.37. The first-order valence-corrected chi connectivity index (χ1v) is 12.2. The van der Waals surface area contributed by atoms with Crippen LogP contribution in [0.3, 0.4) is 0 Å². The number of nitrogens with one attached hydrogen (secondary N) is 2. The maximum Gasteiger partial charge on any atom is 0.253 e. The van der Waals surface area contributed by atoms with Crippen LogP contribution in [-0.4, -0.2) is 31.9 Å². The molecule has 0 aliphatic heterocycles. The summed E-state index contributed by atoms with van der Waals surface area (Å²) in [4.78, 5) is 25.3. The van der Waals surface area contributed by atoms with Crippen LogP contribution in [0.25, 0.3) is 0 Å². The molecule has 11 heteroatoms. The summed E-state index contributed by atoms with van der Waals surface area (Å²) in [6.45, 7) is 0. The number of thiophene rings is 1. The second-order valence-corrected chi connectivity index (χ2v) is 11.0. The van der Waals surface area contributed by atoms with Gasteiger partial charge in [0, 0.05) is 19.0 Å². The van der Waals surface area contributed by atoms with Crippen molar-refractivity contribution in [2.24, 2.45) is 0 Å². The number of phenolic OH excluding ortho intramolecular Hbond substituents is 1. The Labute approximate surface area is 187 Å². The standard InChI is InChI=1S/C20H20ClN3O5S2/c1-24(2)31(28,29)20-11(21)6-7-13(17(20)25)23-16-15(18(26)19(16)27)22-12-4-3-5-14-10(12)8-9-30-14/h6-9,12,22-23,25H,3-5H2,1-2H3. The highest BCUT2D eigenvalue weighted by Gasteiger charge is 2.30. The van der Waals surface area contributed by atoms with E-state index >= 15 is 0 Å². The van der Waals surface area contributed by atoms with E-state index in [1.54, 1.807) is 11.3 Å². The molecule has 164 valence electrons. The third-order valence-corrected chi connectivity index (χ3v) is 8.68. The minimum Gasteiger partial charge on any atom is -0.504 e. The van der Waals surface area contributed by atoms with Gasteiger partial charge in [-0.2, -0.15) is 0 Å². The molecular formula is C20H20ClN3O5S2. The van der Waals surface area contributed by atoms with E-state index in [9.17, 15) is 23.1 Å². The molecule has 1 aromatic heterocycles. The fourth-order valence-corrected chi connectivity index (χ4v) is 6.14. The van der Waals surface area contributed by atoms with Crippen LogP contribution in [0.2, 0.25) is 5.02 Å². The molecule has 3 aromatic rings. The summed E-state index contributed by atoms with van der Waals surface area (Å²) in [5.41, 5.74) is -0.211. The summed E-state index contributed by atoms with van der Waals surface area (Å²) in [5.74, 6) is -0.627. The third-order valence-electron chi connectivity index (χ3n) is 5.36. The minimum absolute atomic E-state index is 0.0156. The van der Waals surface area contributed by atoms with Crippen molar-refractivity contribution < 1.29 is 13.5 Å². The van der Waals surface area contributed by atoms with Crippen molar-refractivity contribution in [3.63, 3.8) is 0 Å².